The molecule has 3 aromatic carbocycles. The molecule has 4 aliphatic heterocycles. The number of Topliss-reactive ketones (excluding diaryl/α,β-unsaturated/α-hetero) is 1. The number of amides is 4. The molecule has 81 heavy (non-hydrogen) atoms. The number of likely N-dealkylation sites (N-methyl/N-ethyl adjacent to an activating group) is 2. The first kappa shape index (κ1) is 59.1. The van der Waals surface area contributed by atoms with Crippen molar-refractivity contribution in [3.8, 4) is 0 Å². The highest BCUT2D eigenvalue weighted by molar-refractivity contribution is 5.93. The lowest BCUT2D eigenvalue weighted by molar-refractivity contribution is -0.146. The maximum Gasteiger partial charge on any atom is 0.243 e. The standard InChI is InChI=1S/C64H88N12O5/c1-44(65-3)58(77)39-50-25-11-13-28-53-34-36-57(76(53)64(50)81)63(80)69-59(48-21-7-5-8-22-48)54-41-73(43-67-54)37-17-15-19-46-29-31-47(32-30-46)20-16-18-38-74-42-55(71-72-74)60(49-23-9-6-10-24-49)70-62(79)56-35-33-52-27-14-12-26-51(40-75(52)56)68-61(78)45(2)66-4/h5-10,21-24,29-32,41-45,50-53,56-57,59-60,65-66H,11-20,25-28,33-40H2,1-4H3,(H,68,78)(H,69,80)(H,70,79)/t44-,45+,50?,51?,52?,53?,56?,57?,59-,60-/m0/s1. The third-order valence-corrected chi connectivity index (χ3v) is 17.9. The van der Waals surface area contributed by atoms with E-state index >= 15 is 0 Å². The fraction of sp³-hybridized carbons (Fsp3) is 0.562. The lowest BCUT2D eigenvalue weighted by Gasteiger charge is -2.36. The van der Waals surface area contributed by atoms with Crippen LogP contribution in [-0.2, 0) is 49.9 Å². The van der Waals surface area contributed by atoms with Crippen LogP contribution < -0.4 is 26.6 Å². The van der Waals surface area contributed by atoms with E-state index < -0.39 is 24.0 Å². The monoisotopic (exact) mass is 1100 g/mol. The number of unbranched alkanes of at least 4 members (excludes halogenated alkanes) is 2. The molecule has 9 rings (SSSR count). The van der Waals surface area contributed by atoms with Crippen molar-refractivity contribution in [1.29, 1.82) is 0 Å². The molecule has 4 amide bonds. The summed E-state index contributed by atoms with van der Waals surface area (Å²) in [5.41, 5.74) is 5.98. The van der Waals surface area contributed by atoms with Crippen LogP contribution in [0.1, 0.15) is 169 Å². The summed E-state index contributed by atoms with van der Waals surface area (Å²) in [5.74, 6) is -0.625. The fourth-order valence-electron chi connectivity index (χ4n) is 12.9. The Kier molecular flexibility index (Phi) is 21.1. The highest BCUT2D eigenvalue weighted by atomic mass is 16.2. The summed E-state index contributed by atoms with van der Waals surface area (Å²) >= 11 is 0. The predicted octanol–water partition coefficient (Wildman–Crippen LogP) is 7.55. The summed E-state index contributed by atoms with van der Waals surface area (Å²) in [6.07, 6.45) is 22.7. The van der Waals surface area contributed by atoms with E-state index in [0.29, 0.717) is 31.1 Å². The number of nitrogens with one attached hydrogen (secondary N) is 5. The summed E-state index contributed by atoms with van der Waals surface area (Å²) in [4.78, 5) is 77.7. The maximum absolute atomic E-state index is 14.3. The van der Waals surface area contributed by atoms with Crippen molar-refractivity contribution < 1.29 is 24.0 Å². The fourth-order valence-corrected chi connectivity index (χ4v) is 12.9. The van der Waals surface area contributed by atoms with Gasteiger partial charge in [0.15, 0.2) is 0 Å². The van der Waals surface area contributed by atoms with Gasteiger partial charge < -0.3 is 36.1 Å². The summed E-state index contributed by atoms with van der Waals surface area (Å²) in [6, 6.07) is 26.9. The van der Waals surface area contributed by atoms with Gasteiger partial charge in [-0.1, -0.05) is 116 Å². The molecular weight excluding hydrogens is 1020 g/mol. The van der Waals surface area contributed by atoms with Crippen molar-refractivity contribution in [1.82, 2.24) is 60.9 Å². The molecule has 0 bridgehead atoms. The van der Waals surface area contributed by atoms with Gasteiger partial charge in [-0.25, -0.2) is 4.98 Å². The molecule has 0 aliphatic carbocycles. The van der Waals surface area contributed by atoms with Gasteiger partial charge >= 0.3 is 0 Å². The Morgan fingerprint density at radius 1 is 0.617 bits per heavy atom. The van der Waals surface area contributed by atoms with Crippen LogP contribution >= 0.6 is 0 Å². The van der Waals surface area contributed by atoms with E-state index in [1.165, 1.54) is 11.1 Å². The molecule has 6 heterocycles. The summed E-state index contributed by atoms with van der Waals surface area (Å²) < 4.78 is 4.00. The molecule has 2 aromatic heterocycles. The number of aromatic nitrogens is 5. The Morgan fingerprint density at radius 2 is 1.20 bits per heavy atom. The van der Waals surface area contributed by atoms with Crippen molar-refractivity contribution >= 4 is 29.4 Å². The highest BCUT2D eigenvalue weighted by Gasteiger charge is 2.45. The first-order valence-corrected chi connectivity index (χ1v) is 30.4. The largest absolute Gasteiger partial charge is 0.351 e. The van der Waals surface area contributed by atoms with Crippen LogP contribution in [0.2, 0.25) is 0 Å². The number of fused-ring (bicyclic) bond motifs is 2. The van der Waals surface area contributed by atoms with Gasteiger partial charge in [0.25, 0.3) is 0 Å². The van der Waals surface area contributed by atoms with Gasteiger partial charge in [0.2, 0.25) is 23.6 Å². The molecule has 434 valence electrons. The van der Waals surface area contributed by atoms with E-state index in [1.54, 1.807) is 14.1 Å². The number of carbonyl (C=O) groups is 5. The summed E-state index contributed by atoms with van der Waals surface area (Å²) in [6.45, 7) is 5.89. The number of carbonyl (C=O) groups excluding carboxylic acids is 5. The third kappa shape index (κ3) is 15.5. The van der Waals surface area contributed by atoms with E-state index in [0.717, 1.165) is 133 Å². The average Bonchev–Trinajstić information content (AvgIpc) is 4.36. The Labute approximate surface area is 479 Å². The number of hydrogen-bond donors (Lipinski definition) is 5. The zero-order valence-corrected chi connectivity index (χ0v) is 48.3. The molecule has 4 aliphatic rings. The molecule has 0 saturated carbocycles. The Hall–Kier alpha value is -6.56. The van der Waals surface area contributed by atoms with E-state index in [-0.39, 0.29) is 66.0 Å². The summed E-state index contributed by atoms with van der Waals surface area (Å²) in [7, 11) is 3.56. The van der Waals surface area contributed by atoms with Gasteiger partial charge in [-0.2, -0.15) is 0 Å². The van der Waals surface area contributed by atoms with Crippen LogP contribution in [-0.4, -0.2) is 127 Å². The molecule has 6 unspecified atom stereocenters. The van der Waals surface area contributed by atoms with Crippen LogP contribution in [0, 0.1) is 5.92 Å². The summed E-state index contributed by atoms with van der Waals surface area (Å²) in [5, 5.41) is 25.2. The second-order valence-electron chi connectivity index (χ2n) is 23.5. The lowest BCUT2D eigenvalue weighted by atomic mass is 9.89. The topological polar surface area (TPSA) is 201 Å². The molecule has 17 nitrogen and oxygen atoms in total. The molecule has 0 radical (unpaired) electrons. The molecule has 4 fully saturated rings. The van der Waals surface area contributed by atoms with Gasteiger partial charge in [0.05, 0.1) is 48.4 Å². The second kappa shape index (κ2) is 28.9. The van der Waals surface area contributed by atoms with Gasteiger partial charge in [-0.05, 0) is 140 Å². The molecular formula is C64H88N12O5. The number of aryl methyl sites for hydroxylation is 4. The molecule has 10 atom stereocenters. The number of benzene rings is 3. The van der Waals surface area contributed by atoms with Crippen LogP contribution in [0.5, 0.6) is 0 Å². The minimum atomic E-state index is -0.585. The normalized spacial score (nSPS) is 22.9. The number of rotatable bonds is 25. The van der Waals surface area contributed by atoms with Gasteiger partial charge in [0, 0.05) is 56.3 Å². The van der Waals surface area contributed by atoms with E-state index in [1.807, 2.05) is 103 Å². The van der Waals surface area contributed by atoms with Crippen molar-refractivity contribution in [2.45, 2.75) is 203 Å². The highest BCUT2D eigenvalue weighted by Crippen LogP contribution is 2.36. The lowest BCUT2D eigenvalue weighted by Crippen LogP contribution is -2.54. The average molecular weight is 1110 g/mol. The quantitative estimate of drug-likeness (QED) is 0.0362. The Balaban J connectivity index is 0.729. The third-order valence-electron chi connectivity index (χ3n) is 17.9. The van der Waals surface area contributed by atoms with Crippen LogP contribution in [0.15, 0.2) is 104 Å². The van der Waals surface area contributed by atoms with Gasteiger partial charge in [-0.15, -0.1) is 5.10 Å². The van der Waals surface area contributed by atoms with Crippen molar-refractivity contribution in [2.24, 2.45) is 5.92 Å². The minimum absolute atomic E-state index is 0.00163. The zero-order chi connectivity index (χ0) is 56.7. The van der Waals surface area contributed by atoms with Crippen LogP contribution in [0.25, 0.3) is 0 Å². The maximum atomic E-state index is 14.3. The SMILES string of the molecule is CN[C@@H](C)C(=O)CC1CCCCC2CCC(C(=O)N[C@@H](c3ccccc3)c3cn(CCCCc4ccc(CCCCn5cc([C@@H](NC(=O)C6CCC7CCCCC(NC(=O)[C@@H](C)NC)CN76)c6ccccc6)nn5)cc4)cn3)N2C1=O. The Morgan fingerprint density at radius 3 is 1.86 bits per heavy atom. The van der Waals surface area contributed by atoms with Crippen molar-refractivity contribution in [2.75, 3.05) is 20.6 Å². The zero-order valence-electron chi connectivity index (χ0n) is 48.3. The first-order valence-electron chi connectivity index (χ1n) is 30.4. The number of ketones is 1. The molecule has 5 aromatic rings. The smallest absolute Gasteiger partial charge is 0.243 e. The number of nitrogens with zero attached hydrogens (tertiary/aromatic N) is 7. The minimum Gasteiger partial charge on any atom is -0.351 e. The van der Waals surface area contributed by atoms with Crippen LogP contribution in [0.4, 0.5) is 0 Å². The van der Waals surface area contributed by atoms with E-state index in [4.69, 9.17) is 4.98 Å². The van der Waals surface area contributed by atoms with Crippen molar-refractivity contribution in [3.63, 3.8) is 0 Å². The number of hydrogen-bond acceptors (Lipinski definition) is 11. The molecule has 5 N–H and O–H groups in total. The second-order valence-corrected chi connectivity index (χ2v) is 23.5. The van der Waals surface area contributed by atoms with Gasteiger partial charge in [-0.3, -0.25) is 33.6 Å². The van der Waals surface area contributed by atoms with E-state index in [2.05, 4.69) is 70.6 Å². The van der Waals surface area contributed by atoms with Crippen LogP contribution in [0.3, 0.4) is 0 Å². The van der Waals surface area contributed by atoms with Gasteiger partial charge in [0.1, 0.15) is 17.5 Å². The molecule has 0 spiro atoms. The van der Waals surface area contributed by atoms with Crippen molar-refractivity contribution in [3.05, 3.63) is 137 Å². The Bertz CT molecular complexity index is 2820. The predicted molar refractivity (Wildman–Crippen MR) is 314 cm³/mol. The first-order chi connectivity index (χ1) is 39.5. The number of imidazole rings is 1. The molecule has 17 heteroatoms. The molecule has 4 saturated heterocycles. The van der Waals surface area contributed by atoms with E-state index in [9.17, 15) is 24.0 Å².